The summed E-state index contributed by atoms with van der Waals surface area (Å²) in [6, 6.07) is 16.5. The van der Waals surface area contributed by atoms with Crippen LogP contribution in [0, 0.1) is 45.3 Å². The van der Waals surface area contributed by atoms with E-state index in [0.717, 1.165) is 11.1 Å². The number of benzene rings is 1. The van der Waals surface area contributed by atoms with Crippen molar-refractivity contribution in [1.82, 2.24) is 4.90 Å². The highest BCUT2D eigenvalue weighted by Gasteiger charge is 2.52. The Bertz CT molecular complexity index is 875. The third kappa shape index (κ3) is 2.48. The minimum Gasteiger partial charge on any atom is -0.399 e. The molecule has 0 fully saturated rings. The molecule has 1 aromatic rings. The standard InChI is InChI=1S/C21H21N5/c1-14(2)26-9-8-18-17(11-26)19(15-6-4-3-5-7-15)16(10-22)20(25)21(18,12-23)13-24/h3-8,14,17,19H,9,11,25H2,1-2H3/t17-,19-/m1/s1. The summed E-state index contributed by atoms with van der Waals surface area (Å²) in [5.74, 6) is -0.376. The van der Waals surface area contributed by atoms with E-state index >= 15 is 0 Å². The number of hydrogen-bond acceptors (Lipinski definition) is 5. The second kappa shape index (κ2) is 6.68. The van der Waals surface area contributed by atoms with E-state index in [0.29, 0.717) is 24.7 Å². The van der Waals surface area contributed by atoms with Crippen LogP contribution in [0.4, 0.5) is 0 Å². The Hall–Kier alpha value is -3.07. The molecule has 0 radical (unpaired) electrons. The normalized spacial score (nSPS) is 24.8. The summed E-state index contributed by atoms with van der Waals surface area (Å²) in [5.41, 5.74) is 6.87. The van der Waals surface area contributed by atoms with Gasteiger partial charge in [0.1, 0.15) is 0 Å². The molecule has 0 amide bonds. The fourth-order valence-electron chi connectivity index (χ4n) is 4.12. The maximum Gasteiger partial charge on any atom is 0.204 e. The summed E-state index contributed by atoms with van der Waals surface area (Å²) >= 11 is 0. The summed E-state index contributed by atoms with van der Waals surface area (Å²) in [4.78, 5) is 2.29. The van der Waals surface area contributed by atoms with Crippen molar-refractivity contribution in [3.63, 3.8) is 0 Å². The SMILES string of the molecule is CC(C)N1CC=C2[C@@H](C1)[C@H](c1ccccc1)C(C#N)=C(N)C2(C#N)C#N. The summed E-state index contributed by atoms with van der Waals surface area (Å²) in [6.45, 7) is 5.60. The highest BCUT2D eigenvalue weighted by molar-refractivity contribution is 5.58. The Morgan fingerprint density at radius 3 is 2.35 bits per heavy atom. The monoisotopic (exact) mass is 343 g/mol. The fraction of sp³-hybridized carbons (Fsp3) is 0.381. The van der Waals surface area contributed by atoms with Crippen LogP contribution in [-0.2, 0) is 0 Å². The highest BCUT2D eigenvalue weighted by Crippen LogP contribution is 2.52. The van der Waals surface area contributed by atoms with E-state index < -0.39 is 5.41 Å². The molecular formula is C21H21N5. The van der Waals surface area contributed by atoms with Crippen molar-refractivity contribution in [1.29, 1.82) is 15.8 Å². The molecule has 5 nitrogen and oxygen atoms in total. The van der Waals surface area contributed by atoms with Gasteiger partial charge in [0.15, 0.2) is 0 Å². The lowest BCUT2D eigenvalue weighted by molar-refractivity contribution is 0.186. The fourth-order valence-corrected chi connectivity index (χ4v) is 4.12. The van der Waals surface area contributed by atoms with Gasteiger partial charge in [0.2, 0.25) is 5.41 Å². The molecule has 3 rings (SSSR count). The van der Waals surface area contributed by atoms with E-state index in [2.05, 4.69) is 37.0 Å². The zero-order valence-electron chi connectivity index (χ0n) is 15.0. The minimum atomic E-state index is -1.55. The van der Waals surface area contributed by atoms with Crippen molar-refractivity contribution in [2.45, 2.75) is 25.8 Å². The van der Waals surface area contributed by atoms with Gasteiger partial charge in [0, 0.05) is 31.0 Å². The first-order valence-electron chi connectivity index (χ1n) is 8.72. The van der Waals surface area contributed by atoms with Gasteiger partial charge in [-0.15, -0.1) is 0 Å². The van der Waals surface area contributed by atoms with E-state index in [1.807, 2.05) is 36.4 Å². The predicted octanol–water partition coefficient (Wildman–Crippen LogP) is 2.82. The molecule has 1 aliphatic carbocycles. The molecule has 2 aliphatic rings. The van der Waals surface area contributed by atoms with E-state index in [9.17, 15) is 15.8 Å². The average Bonchev–Trinajstić information content (AvgIpc) is 2.67. The van der Waals surface area contributed by atoms with Crippen LogP contribution in [0.5, 0.6) is 0 Å². The lowest BCUT2D eigenvalue weighted by Gasteiger charge is -2.46. The Labute approximate surface area is 154 Å². The Morgan fingerprint density at radius 1 is 1.15 bits per heavy atom. The van der Waals surface area contributed by atoms with Gasteiger partial charge in [-0.25, -0.2) is 0 Å². The molecule has 0 saturated carbocycles. The highest BCUT2D eigenvalue weighted by atomic mass is 15.2. The molecule has 2 atom stereocenters. The Balaban J connectivity index is 2.28. The van der Waals surface area contributed by atoms with Crippen molar-refractivity contribution in [2.24, 2.45) is 17.1 Å². The molecule has 0 aromatic heterocycles. The van der Waals surface area contributed by atoms with Crippen molar-refractivity contribution < 1.29 is 0 Å². The van der Waals surface area contributed by atoms with Crippen LogP contribution in [0.2, 0.25) is 0 Å². The molecule has 26 heavy (non-hydrogen) atoms. The number of allylic oxidation sites excluding steroid dienone is 2. The molecular weight excluding hydrogens is 322 g/mol. The molecule has 0 bridgehead atoms. The van der Waals surface area contributed by atoms with Crippen LogP contribution in [0.3, 0.4) is 0 Å². The van der Waals surface area contributed by atoms with E-state index in [1.54, 1.807) is 0 Å². The summed E-state index contributed by atoms with van der Waals surface area (Å²) < 4.78 is 0. The maximum absolute atomic E-state index is 9.85. The van der Waals surface area contributed by atoms with Crippen LogP contribution in [0.15, 0.2) is 53.3 Å². The van der Waals surface area contributed by atoms with E-state index in [4.69, 9.17) is 5.73 Å². The van der Waals surface area contributed by atoms with E-state index in [1.165, 1.54) is 0 Å². The van der Waals surface area contributed by atoms with Gasteiger partial charge in [-0.1, -0.05) is 36.4 Å². The molecule has 0 spiro atoms. The van der Waals surface area contributed by atoms with Crippen molar-refractivity contribution in [2.75, 3.05) is 13.1 Å². The molecule has 130 valence electrons. The minimum absolute atomic E-state index is 0.0827. The van der Waals surface area contributed by atoms with Crippen LogP contribution >= 0.6 is 0 Å². The van der Waals surface area contributed by atoms with Gasteiger partial charge in [-0.05, 0) is 25.0 Å². The molecule has 2 N–H and O–H groups in total. The van der Waals surface area contributed by atoms with Gasteiger partial charge in [-0.3, -0.25) is 4.90 Å². The van der Waals surface area contributed by atoms with Crippen LogP contribution < -0.4 is 5.73 Å². The lowest BCUT2D eigenvalue weighted by Crippen LogP contribution is -2.48. The smallest absolute Gasteiger partial charge is 0.204 e. The number of fused-ring (bicyclic) bond motifs is 1. The Morgan fingerprint density at radius 2 is 1.81 bits per heavy atom. The van der Waals surface area contributed by atoms with Gasteiger partial charge >= 0.3 is 0 Å². The topological polar surface area (TPSA) is 101 Å². The molecule has 5 heteroatoms. The van der Waals surface area contributed by atoms with Crippen molar-refractivity contribution in [3.05, 3.63) is 58.8 Å². The first-order valence-corrected chi connectivity index (χ1v) is 8.72. The zero-order chi connectivity index (χ0) is 18.9. The predicted molar refractivity (Wildman–Crippen MR) is 98.0 cm³/mol. The molecule has 1 aliphatic heterocycles. The third-order valence-corrected chi connectivity index (χ3v) is 5.56. The molecule has 1 aromatic carbocycles. The quantitative estimate of drug-likeness (QED) is 0.832. The van der Waals surface area contributed by atoms with Crippen LogP contribution in [0.1, 0.15) is 25.3 Å². The Kier molecular flexibility index (Phi) is 4.56. The number of nitriles is 3. The summed E-state index contributed by atoms with van der Waals surface area (Å²) in [5, 5.41) is 29.5. The van der Waals surface area contributed by atoms with Crippen LogP contribution in [0.25, 0.3) is 0 Å². The zero-order valence-corrected chi connectivity index (χ0v) is 15.0. The summed E-state index contributed by atoms with van der Waals surface area (Å²) in [7, 11) is 0. The number of nitrogens with two attached hydrogens (primary N) is 1. The second-order valence-electron chi connectivity index (χ2n) is 7.11. The molecule has 0 saturated heterocycles. The number of hydrogen-bond donors (Lipinski definition) is 1. The third-order valence-electron chi connectivity index (χ3n) is 5.56. The first kappa shape index (κ1) is 17.7. The van der Waals surface area contributed by atoms with Crippen molar-refractivity contribution in [3.8, 4) is 18.2 Å². The maximum atomic E-state index is 9.85. The number of rotatable bonds is 2. The van der Waals surface area contributed by atoms with Gasteiger partial charge in [-0.2, -0.15) is 15.8 Å². The average molecular weight is 343 g/mol. The number of nitrogens with zero attached hydrogens (tertiary/aromatic N) is 4. The van der Waals surface area contributed by atoms with Gasteiger partial charge in [0.05, 0.1) is 29.5 Å². The largest absolute Gasteiger partial charge is 0.399 e. The van der Waals surface area contributed by atoms with Gasteiger partial charge < -0.3 is 5.73 Å². The van der Waals surface area contributed by atoms with Gasteiger partial charge in [0.25, 0.3) is 0 Å². The molecule has 1 heterocycles. The van der Waals surface area contributed by atoms with E-state index in [-0.39, 0.29) is 17.5 Å². The second-order valence-corrected chi connectivity index (χ2v) is 7.11. The van der Waals surface area contributed by atoms with Crippen LogP contribution in [-0.4, -0.2) is 24.0 Å². The summed E-state index contributed by atoms with van der Waals surface area (Å²) in [6.07, 6.45) is 1.97. The van der Waals surface area contributed by atoms with Crippen molar-refractivity contribution >= 4 is 0 Å². The first-order chi connectivity index (χ1) is 12.5. The lowest BCUT2D eigenvalue weighted by atomic mass is 9.60. The molecule has 0 unspecified atom stereocenters.